The summed E-state index contributed by atoms with van der Waals surface area (Å²) in [6, 6.07) is 15.1. The number of ether oxygens (including phenoxy) is 1. The average molecular weight is 283 g/mol. The number of benzene rings is 2. The molecule has 0 radical (unpaired) electrons. The van der Waals surface area contributed by atoms with Crippen molar-refractivity contribution < 1.29 is 9.53 Å². The van der Waals surface area contributed by atoms with Crippen LogP contribution in [0.5, 0.6) is 5.75 Å². The smallest absolute Gasteiger partial charge is 0.255 e. The van der Waals surface area contributed by atoms with Gasteiger partial charge in [-0.3, -0.25) is 4.79 Å². The van der Waals surface area contributed by atoms with E-state index in [9.17, 15) is 4.79 Å². The van der Waals surface area contributed by atoms with Crippen molar-refractivity contribution >= 4 is 11.6 Å². The molecular weight excluding hydrogens is 262 g/mol. The van der Waals surface area contributed by atoms with Gasteiger partial charge >= 0.3 is 0 Å². The summed E-state index contributed by atoms with van der Waals surface area (Å²) >= 11 is 0. The van der Waals surface area contributed by atoms with E-state index in [0.717, 1.165) is 11.4 Å². The highest BCUT2D eigenvalue weighted by Gasteiger charge is 2.07. The summed E-state index contributed by atoms with van der Waals surface area (Å²) in [4.78, 5) is 12.2. The zero-order chi connectivity index (χ0) is 15.2. The van der Waals surface area contributed by atoms with E-state index < -0.39 is 0 Å². The van der Waals surface area contributed by atoms with Crippen LogP contribution in [-0.4, -0.2) is 12.5 Å². The van der Waals surface area contributed by atoms with Crippen LogP contribution in [0.3, 0.4) is 0 Å². The molecule has 2 rings (SSSR count). The second kappa shape index (κ2) is 6.93. The molecule has 1 N–H and O–H groups in total. The Morgan fingerprint density at radius 3 is 2.48 bits per heavy atom. The molecule has 2 aromatic carbocycles. The molecule has 21 heavy (non-hydrogen) atoms. The van der Waals surface area contributed by atoms with Crippen molar-refractivity contribution in [2.24, 2.45) is 0 Å². The first-order valence-corrected chi connectivity index (χ1v) is 7.24. The van der Waals surface area contributed by atoms with E-state index in [2.05, 4.69) is 19.2 Å². The highest BCUT2D eigenvalue weighted by Crippen LogP contribution is 2.19. The Bertz CT molecular complexity index is 603. The maximum atomic E-state index is 12.2. The predicted molar refractivity (Wildman–Crippen MR) is 86.1 cm³/mol. The minimum Gasteiger partial charge on any atom is -0.494 e. The van der Waals surface area contributed by atoms with Gasteiger partial charge in [0.2, 0.25) is 0 Å². The fraction of sp³-hybridized carbons (Fsp3) is 0.278. The molecule has 0 aliphatic carbocycles. The van der Waals surface area contributed by atoms with Gasteiger partial charge in [0.25, 0.3) is 5.91 Å². The van der Waals surface area contributed by atoms with Gasteiger partial charge in [-0.2, -0.15) is 0 Å². The lowest BCUT2D eigenvalue weighted by molar-refractivity contribution is 0.102. The molecule has 0 heterocycles. The quantitative estimate of drug-likeness (QED) is 0.879. The number of rotatable bonds is 5. The summed E-state index contributed by atoms with van der Waals surface area (Å²) in [5, 5.41) is 2.89. The summed E-state index contributed by atoms with van der Waals surface area (Å²) in [7, 11) is 0. The lowest BCUT2D eigenvalue weighted by atomic mass is 10.0. The molecule has 0 fully saturated rings. The van der Waals surface area contributed by atoms with E-state index >= 15 is 0 Å². The average Bonchev–Trinajstić information content (AvgIpc) is 2.48. The Balaban J connectivity index is 2.08. The first-order valence-electron chi connectivity index (χ1n) is 7.24. The van der Waals surface area contributed by atoms with Crippen molar-refractivity contribution in [2.45, 2.75) is 26.7 Å². The van der Waals surface area contributed by atoms with Crippen LogP contribution in [0.25, 0.3) is 0 Å². The van der Waals surface area contributed by atoms with Crippen molar-refractivity contribution in [2.75, 3.05) is 11.9 Å². The van der Waals surface area contributed by atoms with Crippen molar-refractivity contribution in [3.8, 4) is 5.75 Å². The standard InChI is InChI=1S/C18H21NO2/c1-4-21-17-7-5-6-16(12-17)19-18(20)15-10-8-14(9-11-15)13(2)3/h5-13H,4H2,1-3H3,(H,19,20). The van der Waals surface area contributed by atoms with Crippen LogP contribution in [0.4, 0.5) is 5.69 Å². The lowest BCUT2D eigenvalue weighted by Crippen LogP contribution is -2.12. The molecule has 0 atom stereocenters. The minimum atomic E-state index is -0.112. The predicted octanol–water partition coefficient (Wildman–Crippen LogP) is 4.46. The van der Waals surface area contributed by atoms with Gasteiger partial charge in [-0.15, -0.1) is 0 Å². The molecule has 0 aromatic heterocycles. The van der Waals surface area contributed by atoms with Crippen LogP contribution in [0.1, 0.15) is 42.6 Å². The third-order valence-corrected chi connectivity index (χ3v) is 3.24. The zero-order valence-corrected chi connectivity index (χ0v) is 12.7. The Morgan fingerprint density at radius 1 is 1.14 bits per heavy atom. The number of anilines is 1. The molecule has 0 bridgehead atoms. The van der Waals surface area contributed by atoms with E-state index in [1.807, 2.05) is 55.5 Å². The molecule has 3 nitrogen and oxygen atoms in total. The maximum absolute atomic E-state index is 12.2. The van der Waals surface area contributed by atoms with Crippen molar-refractivity contribution in [1.29, 1.82) is 0 Å². The Kier molecular flexibility index (Phi) is 4.99. The van der Waals surface area contributed by atoms with Crippen LogP contribution in [0.15, 0.2) is 48.5 Å². The fourth-order valence-electron chi connectivity index (χ4n) is 2.05. The van der Waals surface area contributed by atoms with Crippen LogP contribution in [0, 0.1) is 0 Å². The highest BCUT2D eigenvalue weighted by molar-refractivity contribution is 6.04. The number of hydrogen-bond acceptors (Lipinski definition) is 2. The van der Waals surface area contributed by atoms with Gasteiger partial charge in [-0.1, -0.05) is 32.0 Å². The van der Waals surface area contributed by atoms with Gasteiger partial charge < -0.3 is 10.1 Å². The van der Waals surface area contributed by atoms with Crippen LogP contribution >= 0.6 is 0 Å². The normalized spacial score (nSPS) is 10.5. The number of nitrogens with one attached hydrogen (secondary N) is 1. The number of hydrogen-bond donors (Lipinski definition) is 1. The maximum Gasteiger partial charge on any atom is 0.255 e. The summed E-state index contributed by atoms with van der Waals surface area (Å²) in [5.74, 6) is 1.11. The topological polar surface area (TPSA) is 38.3 Å². The molecule has 0 saturated heterocycles. The van der Waals surface area contributed by atoms with Gasteiger partial charge in [0.1, 0.15) is 5.75 Å². The number of carbonyl (C=O) groups excluding carboxylic acids is 1. The summed E-state index contributed by atoms with van der Waals surface area (Å²) in [6.45, 7) is 6.80. The van der Waals surface area contributed by atoms with Gasteiger partial charge in [-0.25, -0.2) is 0 Å². The van der Waals surface area contributed by atoms with Crippen molar-refractivity contribution in [3.05, 3.63) is 59.7 Å². The summed E-state index contributed by atoms with van der Waals surface area (Å²) < 4.78 is 5.42. The second-order valence-corrected chi connectivity index (χ2v) is 5.19. The third-order valence-electron chi connectivity index (χ3n) is 3.24. The van der Waals surface area contributed by atoms with E-state index in [0.29, 0.717) is 18.1 Å². The van der Waals surface area contributed by atoms with Gasteiger partial charge in [-0.05, 0) is 42.7 Å². The molecule has 0 aliphatic heterocycles. The van der Waals surface area contributed by atoms with Crippen LogP contribution in [-0.2, 0) is 0 Å². The molecule has 0 spiro atoms. The molecule has 0 saturated carbocycles. The molecule has 0 aliphatic rings. The Labute approximate surface area is 126 Å². The van der Waals surface area contributed by atoms with Crippen LogP contribution < -0.4 is 10.1 Å². The van der Waals surface area contributed by atoms with Crippen molar-refractivity contribution in [3.63, 3.8) is 0 Å². The van der Waals surface area contributed by atoms with Crippen LogP contribution in [0.2, 0.25) is 0 Å². The van der Waals surface area contributed by atoms with E-state index in [-0.39, 0.29) is 5.91 Å². The first kappa shape index (κ1) is 15.1. The Morgan fingerprint density at radius 2 is 1.86 bits per heavy atom. The number of carbonyl (C=O) groups is 1. The summed E-state index contributed by atoms with van der Waals surface area (Å²) in [6.07, 6.45) is 0. The molecule has 3 heteroatoms. The molecule has 0 unspecified atom stereocenters. The SMILES string of the molecule is CCOc1cccc(NC(=O)c2ccc(C(C)C)cc2)c1. The van der Waals surface area contributed by atoms with E-state index in [4.69, 9.17) is 4.74 Å². The summed E-state index contributed by atoms with van der Waals surface area (Å²) in [5.41, 5.74) is 2.62. The second-order valence-electron chi connectivity index (χ2n) is 5.19. The largest absolute Gasteiger partial charge is 0.494 e. The van der Waals surface area contributed by atoms with E-state index in [1.54, 1.807) is 0 Å². The zero-order valence-electron chi connectivity index (χ0n) is 12.7. The monoisotopic (exact) mass is 283 g/mol. The molecule has 110 valence electrons. The van der Waals surface area contributed by atoms with Gasteiger partial charge in [0, 0.05) is 17.3 Å². The molecule has 1 amide bonds. The molecule has 2 aromatic rings. The van der Waals surface area contributed by atoms with Gasteiger partial charge in [0.15, 0.2) is 0 Å². The fourth-order valence-corrected chi connectivity index (χ4v) is 2.05. The lowest BCUT2D eigenvalue weighted by Gasteiger charge is -2.09. The van der Waals surface area contributed by atoms with Gasteiger partial charge in [0.05, 0.1) is 6.61 Å². The third kappa shape index (κ3) is 4.09. The minimum absolute atomic E-state index is 0.112. The number of amides is 1. The highest BCUT2D eigenvalue weighted by atomic mass is 16.5. The van der Waals surface area contributed by atoms with Crippen molar-refractivity contribution in [1.82, 2.24) is 0 Å². The Hall–Kier alpha value is -2.29. The molecular formula is C18H21NO2. The van der Waals surface area contributed by atoms with E-state index in [1.165, 1.54) is 5.56 Å². The first-order chi connectivity index (χ1) is 10.1.